The normalized spacial score (nSPS) is 11.7. The van der Waals surface area contributed by atoms with Gasteiger partial charge >= 0.3 is 6.18 Å². The second kappa shape index (κ2) is 7.51. The molecule has 1 aromatic rings. The van der Waals surface area contributed by atoms with Gasteiger partial charge in [-0.1, -0.05) is 18.5 Å². The maximum atomic E-state index is 12.4. The smallest absolute Gasteiger partial charge is 0.397 e. The third kappa shape index (κ3) is 6.68. The van der Waals surface area contributed by atoms with Crippen LogP contribution >= 0.6 is 11.6 Å². The van der Waals surface area contributed by atoms with E-state index in [9.17, 15) is 18.0 Å². The molecule has 1 amide bonds. The number of nitrogens with zero attached hydrogens (tertiary/aromatic N) is 1. The Balaban J connectivity index is 2.65. The Bertz CT molecular complexity index is 494. The van der Waals surface area contributed by atoms with Gasteiger partial charge in [-0.3, -0.25) is 9.69 Å². The largest absolute Gasteiger partial charge is 0.401 e. The molecule has 21 heavy (non-hydrogen) atoms. The summed E-state index contributed by atoms with van der Waals surface area (Å²) in [7, 11) is 0. The van der Waals surface area contributed by atoms with Gasteiger partial charge < -0.3 is 11.1 Å². The lowest BCUT2D eigenvalue weighted by Gasteiger charge is -2.22. The SMILES string of the molecule is CCCN(CC(=O)Nc1ccc(Cl)cc1N)CC(F)(F)F. The number of amides is 1. The first-order valence-corrected chi connectivity index (χ1v) is 6.73. The Morgan fingerprint density at radius 3 is 2.62 bits per heavy atom. The van der Waals surface area contributed by atoms with Crippen molar-refractivity contribution in [1.82, 2.24) is 4.90 Å². The molecule has 1 rings (SSSR count). The molecule has 0 fully saturated rings. The van der Waals surface area contributed by atoms with E-state index in [0.29, 0.717) is 17.1 Å². The van der Waals surface area contributed by atoms with Crippen molar-refractivity contribution in [3.8, 4) is 0 Å². The standard InChI is InChI=1S/C13H17ClF3N3O/c1-2-5-20(8-13(15,16)17)7-12(21)19-11-4-3-9(14)6-10(11)18/h3-4,6H,2,5,7-8,18H2,1H3,(H,19,21). The zero-order chi connectivity index (χ0) is 16.0. The van der Waals surface area contributed by atoms with Crippen LogP contribution in [-0.2, 0) is 4.79 Å². The van der Waals surface area contributed by atoms with Crippen LogP contribution in [0.3, 0.4) is 0 Å². The molecule has 1 aromatic carbocycles. The van der Waals surface area contributed by atoms with Crippen LogP contribution in [0.2, 0.25) is 5.02 Å². The Hall–Kier alpha value is -1.47. The molecule has 0 aliphatic heterocycles. The van der Waals surface area contributed by atoms with Crippen molar-refractivity contribution in [3.63, 3.8) is 0 Å². The number of benzene rings is 1. The molecule has 0 spiro atoms. The number of nitrogen functional groups attached to an aromatic ring is 1. The van der Waals surface area contributed by atoms with Crippen molar-refractivity contribution in [1.29, 1.82) is 0 Å². The van der Waals surface area contributed by atoms with E-state index in [1.165, 1.54) is 18.2 Å². The van der Waals surface area contributed by atoms with E-state index in [2.05, 4.69) is 5.32 Å². The average Bonchev–Trinajstić information content (AvgIpc) is 2.31. The van der Waals surface area contributed by atoms with Crippen LogP contribution in [0.25, 0.3) is 0 Å². The van der Waals surface area contributed by atoms with E-state index in [-0.39, 0.29) is 18.8 Å². The number of anilines is 2. The number of hydrogen-bond donors (Lipinski definition) is 2. The minimum Gasteiger partial charge on any atom is -0.397 e. The maximum Gasteiger partial charge on any atom is 0.401 e. The molecular formula is C13H17ClF3N3O. The van der Waals surface area contributed by atoms with Gasteiger partial charge in [-0.15, -0.1) is 0 Å². The number of nitrogens with two attached hydrogens (primary N) is 1. The fourth-order valence-corrected chi connectivity index (χ4v) is 2.00. The minimum atomic E-state index is -4.34. The van der Waals surface area contributed by atoms with Gasteiger partial charge in [0, 0.05) is 5.02 Å². The van der Waals surface area contributed by atoms with Gasteiger partial charge in [0.2, 0.25) is 5.91 Å². The molecule has 0 aliphatic carbocycles. The van der Waals surface area contributed by atoms with Gasteiger partial charge in [0.1, 0.15) is 0 Å². The molecule has 0 saturated heterocycles. The number of carbonyl (C=O) groups excluding carboxylic acids is 1. The van der Waals surface area contributed by atoms with Crippen LogP contribution < -0.4 is 11.1 Å². The van der Waals surface area contributed by atoms with Crippen LogP contribution in [0.5, 0.6) is 0 Å². The first-order valence-electron chi connectivity index (χ1n) is 6.35. The fourth-order valence-electron chi connectivity index (χ4n) is 1.82. The summed E-state index contributed by atoms with van der Waals surface area (Å²) in [4.78, 5) is 12.9. The Labute approximate surface area is 126 Å². The fraction of sp³-hybridized carbons (Fsp3) is 0.462. The van der Waals surface area contributed by atoms with Crippen LogP contribution in [0.15, 0.2) is 18.2 Å². The summed E-state index contributed by atoms with van der Waals surface area (Å²) in [6, 6.07) is 4.49. The molecule has 0 radical (unpaired) electrons. The Kier molecular flexibility index (Phi) is 6.29. The molecule has 0 aliphatic rings. The van der Waals surface area contributed by atoms with Gasteiger partial charge in [-0.2, -0.15) is 13.2 Å². The highest BCUT2D eigenvalue weighted by atomic mass is 35.5. The molecule has 0 saturated carbocycles. The van der Waals surface area contributed by atoms with Crippen molar-refractivity contribution in [2.24, 2.45) is 0 Å². The lowest BCUT2D eigenvalue weighted by atomic mass is 10.2. The van der Waals surface area contributed by atoms with Crippen LogP contribution in [0.4, 0.5) is 24.5 Å². The molecule has 3 N–H and O–H groups in total. The van der Waals surface area contributed by atoms with E-state index in [4.69, 9.17) is 17.3 Å². The van der Waals surface area contributed by atoms with Crippen molar-refractivity contribution in [3.05, 3.63) is 23.2 Å². The summed E-state index contributed by atoms with van der Waals surface area (Å²) in [5.74, 6) is -0.554. The topological polar surface area (TPSA) is 58.4 Å². The molecule has 8 heteroatoms. The predicted molar refractivity (Wildman–Crippen MR) is 77.3 cm³/mol. The van der Waals surface area contributed by atoms with Crippen LogP contribution in [-0.4, -0.2) is 36.6 Å². The highest BCUT2D eigenvalue weighted by Gasteiger charge is 2.31. The maximum absolute atomic E-state index is 12.4. The summed E-state index contributed by atoms with van der Waals surface area (Å²) in [6.07, 6.45) is -3.82. The molecule has 0 bridgehead atoms. The first-order chi connectivity index (χ1) is 9.71. The second-order valence-electron chi connectivity index (χ2n) is 4.61. The Morgan fingerprint density at radius 2 is 2.10 bits per heavy atom. The van der Waals surface area contributed by atoms with E-state index < -0.39 is 18.6 Å². The van der Waals surface area contributed by atoms with Crippen LogP contribution in [0, 0.1) is 0 Å². The number of nitrogens with one attached hydrogen (secondary N) is 1. The van der Waals surface area contributed by atoms with Crippen molar-refractivity contribution in [2.45, 2.75) is 19.5 Å². The third-order valence-corrected chi connectivity index (χ3v) is 2.83. The number of carbonyl (C=O) groups is 1. The van der Waals surface area contributed by atoms with Gasteiger partial charge in [0.25, 0.3) is 0 Å². The summed E-state index contributed by atoms with van der Waals surface area (Å²) in [5.41, 5.74) is 6.25. The van der Waals surface area contributed by atoms with E-state index in [1.54, 1.807) is 6.92 Å². The molecule has 0 heterocycles. The first kappa shape index (κ1) is 17.6. The van der Waals surface area contributed by atoms with E-state index >= 15 is 0 Å². The molecule has 0 unspecified atom stereocenters. The minimum absolute atomic E-state index is 0.184. The highest BCUT2D eigenvalue weighted by Crippen LogP contribution is 2.22. The van der Waals surface area contributed by atoms with E-state index in [0.717, 1.165) is 4.90 Å². The number of hydrogen-bond acceptors (Lipinski definition) is 3. The molecular weight excluding hydrogens is 307 g/mol. The summed E-state index contributed by atoms with van der Waals surface area (Å²) in [6.45, 7) is 0.460. The highest BCUT2D eigenvalue weighted by molar-refractivity contribution is 6.31. The molecule has 0 aromatic heterocycles. The predicted octanol–water partition coefficient (Wildman–Crippen LogP) is 3.14. The zero-order valence-electron chi connectivity index (χ0n) is 11.5. The quantitative estimate of drug-likeness (QED) is 0.791. The Morgan fingerprint density at radius 1 is 1.43 bits per heavy atom. The van der Waals surface area contributed by atoms with Gasteiger partial charge in [-0.25, -0.2) is 0 Å². The number of halogens is 4. The second-order valence-corrected chi connectivity index (χ2v) is 5.04. The van der Waals surface area contributed by atoms with Gasteiger partial charge in [-0.05, 0) is 31.2 Å². The molecule has 4 nitrogen and oxygen atoms in total. The summed E-state index contributed by atoms with van der Waals surface area (Å²) >= 11 is 5.73. The molecule has 0 atom stereocenters. The lowest BCUT2D eigenvalue weighted by molar-refractivity contribution is -0.147. The van der Waals surface area contributed by atoms with Crippen molar-refractivity contribution < 1.29 is 18.0 Å². The molecule has 118 valence electrons. The summed E-state index contributed by atoms with van der Waals surface area (Å²) in [5, 5.41) is 2.89. The van der Waals surface area contributed by atoms with Gasteiger partial charge in [0.05, 0.1) is 24.5 Å². The van der Waals surface area contributed by atoms with Crippen molar-refractivity contribution >= 4 is 28.9 Å². The summed E-state index contributed by atoms with van der Waals surface area (Å²) < 4.78 is 37.2. The van der Waals surface area contributed by atoms with Gasteiger partial charge in [0.15, 0.2) is 0 Å². The van der Waals surface area contributed by atoms with Crippen molar-refractivity contribution in [2.75, 3.05) is 30.7 Å². The number of alkyl halides is 3. The average molecular weight is 324 g/mol. The lowest BCUT2D eigenvalue weighted by Crippen LogP contribution is -2.40. The monoisotopic (exact) mass is 323 g/mol. The third-order valence-electron chi connectivity index (χ3n) is 2.60. The van der Waals surface area contributed by atoms with E-state index in [1.807, 2.05) is 0 Å². The zero-order valence-corrected chi connectivity index (χ0v) is 12.3. The number of rotatable bonds is 6. The van der Waals surface area contributed by atoms with Crippen LogP contribution in [0.1, 0.15) is 13.3 Å².